The maximum absolute atomic E-state index is 6.27. The predicted octanol–water partition coefficient (Wildman–Crippen LogP) is 6.05. The first-order chi connectivity index (χ1) is 9.51. The Labute approximate surface area is 140 Å². The topological polar surface area (TPSA) is 21.3 Å². The molecule has 0 saturated heterocycles. The minimum Gasteiger partial charge on any atom is -0.496 e. The highest BCUT2D eigenvalue weighted by atomic mass is 79.9. The number of hydrogen-bond donors (Lipinski definition) is 1. The molecule has 0 aromatic heterocycles. The van der Waals surface area contributed by atoms with Crippen LogP contribution in [-0.2, 0) is 0 Å². The lowest BCUT2D eigenvalue weighted by Gasteiger charge is -2.18. The van der Waals surface area contributed by atoms with Gasteiger partial charge in [-0.2, -0.15) is 0 Å². The molecule has 5 heteroatoms. The van der Waals surface area contributed by atoms with E-state index in [1.165, 1.54) is 0 Å². The monoisotopic (exact) mass is 417 g/mol. The fourth-order valence-corrected chi connectivity index (χ4v) is 3.31. The van der Waals surface area contributed by atoms with E-state index >= 15 is 0 Å². The number of benzene rings is 2. The van der Waals surface area contributed by atoms with Crippen LogP contribution in [0.4, 0.5) is 5.69 Å². The van der Waals surface area contributed by atoms with Crippen molar-refractivity contribution in [1.29, 1.82) is 0 Å². The highest BCUT2D eigenvalue weighted by Gasteiger charge is 2.11. The summed E-state index contributed by atoms with van der Waals surface area (Å²) >= 11 is 13.2. The van der Waals surface area contributed by atoms with E-state index in [-0.39, 0.29) is 6.04 Å². The molecule has 2 aromatic rings. The first-order valence-corrected chi connectivity index (χ1v) is 8.02. The van der Waals surface area contributed by atoms with Crippen molar-refractivity contribution in [3.8, 4) is 5.75 Å². The Kier molecular flexibility index (Phi) is 5.35. The molecule has 0 bridgehead atoms. The van der Waals surface area contributed by atoms with Crippen molar-refractivity contribution in [2.45, 2.75) is 13.0 Å². The first kappa shape index (κ1) is 15.7. The quantitative estimate of drug-likeness (QED) is 0.652. The zero-order chi connectivity index (χ0) is 14.7. The Morgan fingerprint density at radius 1 is 1.15 bits per heavy atom. The number of nitrogens with one attached hydrogen (secondary N) is 1. The lowest BCUT2D eigenvalue weighted by Crippen LogP contribution is -2.07. The average Bonchev–Trinajstić information content (AvgIpc) is 2.38. The minimum atomic E-state index is 0.107. The average molecular weight is 420 g/mol. The second-order valence-corrected chi connectivity index (χ2v) is 6.56. The van der Waals surface area contributed by atoms with E-state index in [1.54, 1.807) is 7.11 Å². The highest BCUT2D eigenvalue weighted by Crippen LogP contribution is 2.32. The third-order valence-corrected chi connectivity index (χ3v) is 4.40. The summed E-state index contributed by atoms with van der Waals surface area (Å²) in [5, 5.41) is 4.17. The van der Waals surface area contributed by atoms with E-state index in [0.29, 0.717) is 0 Å². The van der Waals surface area contributed by atoms with Crippen LogP contribution < -0.4 is 10.1 Å². The molecule has 0 radical (unpaired) electrons. The third kappa shape index (κ3) is 3.68. The van der Waals surface area contributed by atoms with Crippen LogP contribution in [0.25, 0.3) is 0 Å². The molecule has 0 spiro atoms. The number of anilines is 1. The van der Waals surface area contributed by atoms with Crippen molar-refractivity contribution >= 4 is 49.1 Å². The number of methoxy groups -OCH3 is 1. The van der Waals surface area contributed by atoms with E-state index in [4.69, 9.17) is 16.3 Å². The molecule has 2 aromatic carbocycles. The van der Waals surface area contributed by atoms with E-state index in [2.05, 4.69) is 44.1 Å². The largest absolute Gasteiger partial charge is 0.496 e. The molecule has 0 aliphatic carbocycles. The van der Waals surface area contributed by atoms with Crippen molar-refractivity contribution in [3.05, 3.63) is 55.9 Å². The van der Waals surface area contributed by atoms with Gasteiger partial charge in [-0.15, -0.1) is 0 Å². The molecule has 106 valence electrons. The molecule has 0 aliphatic heterocycles. The van der Waals surface area contributed by atoms with Crippen LogP contribution in [0.1, 0.15) is 18.5 Å². The summed E-state index contributed by atoms with van der Waals surface area (Å²) in [4.78, 5) is 0. The molecule has 1 atom stereocenters. The SMILES string of the molecule is COc1ccc(NC(C)c2ccc(Br)cc2Cl)cc1Br. The van der Waals surface area contributed by atoms with Gasteiger partial charge in [-0.1, -0.05) is 33.6 Å². The molecule has 2 nitrogen and oxygen atoms in total. The number of hydrogen-bond acceptors (Lipinski definition) is 2. The van der Waals surface area contributed by atoms with E-state index in [0.717, 1.165) is 31.0 Å². The fraction of sp³-hybridized carbons (Fsp3) is 0.200. The summed E-state index contributed by atoms with van der Waals surface area (Å²) in [6, 6.07) is 11.9. The fourth-order valence-electron chi connectivity index (χ4n) is 1.94. The van der Waals surface area contributed by atoms with Crippen LogP contribution >= 0.6 is 43.5 Å². The molecule has 20 heavy (non-hydrogen) atoms. The number of rotatable bonds is 4. The Morgan fingerprint density at radius 3 is 2.50 bits per heavy atom. The van der Waals surface area contributed by atoms with Gasteiger partial charge in [0.15, 0.2) is 0 Å². The van der Waals surface area contributed by atoms with Crippen LogP contribution in [0.15, 0.2) is 45.3 Å². The summed E-state index contributed by atoms with van der Waals surface area (Å²) in [6.07, 6.45) is 0. The standard InChI is InChI=1S/C15H14Br2ClNO/c1-9(12-5-3-10(16)7-14(12)18)19-11-4-6-15(20-2)13(17)8-11/h3-9,19H,1-2H3. The maximum Gasteiger partial charge on any atom is 0.133 e. The van der Waals surface area contributed by atoms with Gasteiger partial charge in [0.25, 0.3) is 0 Å². The Bertz CT molecular complexity index is 619. The van der Waals surface area contributed by atoms with E-state index in [9.17, 15) is 0 Å². The molecule has 0 saturated carbocycles. The first-order valence-electron chi connectivity index (χ1n) is 6.06. The van der Waals surface area contributed by atoms with Crippen molar-refractivity contribution in [2.75, 3.05) is 12.4 Å². The van der Waals surface area contributed by atoms with E-state index < -0.39 is 0 Å². The van der Waals surface area contributed by atoms with Crippen LogP contribution in [0.3, 0.4) is 0 Å². The lowest BCUT2D eigenvalue weighted by atomic mass is 10.1. The molecule has 1 unspecified atom stereocenters. The second kappa shape index (κ2) is 6.83. The molecule has 0 amide bonds. The summed E-state index contributed by atoms with van der Waals surface area (Å²) in [5.41, 5.74) is 2.06. The molecular weight excluding hydrogens is 405 g/mol. The third-order valence-electron chi connectivity index (χ3n) is 2.96. The van der Waals surface area contributed by atoms with Crippen LogP contribution in [-0.4, -0.2) is 7.11 Å². The molecule has 0 aliphatic rings. The van der Waals surface area contributed by atoms with Gasteiger partial charge in [0, 0.05) is 21.2 Å². The number of ether oxygens (including phenoxy) is 1. The van der Waals surface area contributed by atoms with Crippen LogP contribution in [0, 0.1) is 0 Å². The summed E-state index contributed by atoms with van der Waals surface area (Å²) in [7, 11) is 1.65. The predicted molar refractivity (Wildman–Crippen MR) is 91.9 cm³/mol. The Hall–Kier alpha value is -0.710. The molecule has 0 heterocycles. The summed E-state index contributed by atoms with van der Waals surface area (Å²) in [5.74, 6) is 0.810. The van der Waals surface area contributed by atoms with Crippen LogP contribution in [0.5, 0.6) is 5.75 Å². The van der Waals surface area contributed by atoms with Gasteiger partial charge in [-0.05, 0) is 58.7 Å². The number of halogens is 3. The van der Waals surface area contributed by atoms with Gasteiger partial charge in [-0.3, -0.25) is 0 Å². The smallest absolute Gasteiger partial charge is 0.133 e. The van der Waals surface area contributed by atoms with Crippen molar-refractivity contribution < 1.29 is 4.74 Å². The Morgan fingerprint density at radius 2 is 1.90 bits per heavy atom. The second-order valence-electron chi connectivity index (χ2n) is 4.38. The van der Waals surface area contributed by atoms with Gasteiger partial charge in [0.1, 0.15) is 5.75 Å². The molecule has 0 fully saturated rings. The van der Waals surface area contributed by atoms with Gasteiger partial charge < -0.3 is 10.1 Å². The van der Waals surface area contributed by atoms with Crippen molar-refractivity contribution in [2.24, 2.45) is 0 Å². The zero-order valence-electron chi connectivity index (χ0n) is 11.1. The van der Waals surface area contributed by atoms with Gasteiger partial charge in [0.2, 0.25) is 0 Å². The van der Waals surface area contributed by atoms with Crippen molar-refractivity contribution in [1.82, 2.24) is 0 Å². The molecule has 1 N–H and O–H groups in total. The minimum absolute atomic E-state index is 0.107. The summed E-state index contributed by atoms with van der Waals surface area (Å²) < 4.78 is 7.11. The van der Waals surface area contributed by atoms with Gasteiger partial charge in [-0.25, -0.2) is 0 Å². The normalized spacial score (nSPS) is 12.1. The molecular formula is C15H14Br2ClNO. The van der Waals surface area contributed by atoms with Crippen molar-refractivity contribution in [3.63, 3.8) is 0 Å². The summed E-state index contributed by atoms with van der Waals surface area (Å²) in [6.45, 7) is 2.08. The Balaban J connectivity index is 2.18. The van der Waals surface area contributed by atoms with Crippen LogP contribution in [0.2, 0.25) is 5.02 Å². The van der Waals surface area contributed by atoms with E-state index in [1.807, 2.05) is 36.4 Å². The van der Waals surface area contributed by atoms with Gasteiger partial charge in [0.05, 0.1) is 11.6 Å². The highest BCUT2D eigenvalue weighted by molar-refractivity contribution is 9.10. The zero-order valence-corrected chi connectivity index (χ0v) is 15.0. The van der Waals surface area contributed by atoms with Gasteiger partial charge >= 0.3 is 0 Å². The lowest BCUT2D eigenvalue weighted by molar-refractivity contribution is 0.412. The maximum atomic E-state index is 6.27. The molecule has 2 rings (SSSR count).